The normalized spacial score (nSPS) is 11.2. The third-order valence-electron chi connectivity index (χ3n) is 4.81. The van der Waals surface area contributed by atoms with Crippen molar-refractivity contribution in [2.24, 2.45) is 0 Å². The molecule has 0 aliphatic carbocycles. The number of hydrogen-bond donors (Lipinski definition) is 1. The highest BCUT2D eigenvalue weighted by molar-refractivity contribution is 6.30. The minimum Gasteiger partial charge on any atom is -0.495 e. The van der Waals surface area contributed by atoms with Crippen LogP contribution in [-0.2, 0) is 11.3 Å². The number of amides is 1. The Morgan fingerprint density at radius 2 is 1.90 bits per heavy atom. The van der Waals surface area contributed by atoms with Crippen LogP contribution in [0.1, 0.15) is 0 Å². The summed E-state index contributed by atoms with van der Waals surface area (Å²) in [6.07, 6.45) is 0. The smallest absolute Gasteiger partial charge is 0.248 e. The Morgan fingerprint density at radius 3 is 2.71 bits per heavy atom. The quantitative estimate of drug-likeness (QED) is 0.437. The molecule has 0 aliphatic heterocycles. The van der Waals surface area contributed by atoms with Crippen LogP contribution in [0.3, 0.4) is 0 Å². The van der Waals surface area contributed by atoms with Crippen molar-refractivity contribution in [2.45, 2.75) is 6.54 Å². The van der Waals surface area contributed by atoms with Crippen molar-refractivity contribution >= 4 is 45.1 Å². The third-order valence-corrected chi connectivity index (χ3v) is 5.07. The van der Waals surface area contributed by atoms with Crippen molar-refractivity contribution in [3.05, 3.63) is 65.7 Å². The second-order valence-corrected chi connectivity index (χ2v) is 7.28. The van der Waals surface area contributed by atoms with Gasteiger partial charge in [-0.25, -0.2) is 0 Å². The number of fused-ring (bicyclic) bond motifs is 3. The predicted octanol–water partition coefficient (Wildman–Crippen LogP) is 4.54. The molecular formula is C22H16ClN5O3. The lowest BCUT2D eigenvalue weighted by molar-refractivity contribution is -0.117. The average Bonchev–Trinajstić information content (AvgIpc) is 3.37. The largest absolute Gasteiger partial charge is 0.495 e. The molecule has 0 aliphatic rings. The summed E-state index contributed by atoms with van der Waals surface area (Å²) in [7, 11) is 1.55. The molecule has 3 aromatic carbocycles. The highest BCUT2D eigenvalue weighted by atomic mass is 35.5. The van der Waals surface area contributed by atoms with Gasteiger partial charge in [-0.3, -0.25) is 4.79 Å². The van der Waals surface area contributed by atoms with Crippen LogP contribution in [0.5, 0.6) is 5.75 Å². The van der Waals surface area contributed by atoms with E-state index in [1.54, 1.807) is 37.4 Å². The number of benzene rings is 3. The van der Waals surface area contributed by atoms with Crippen LogP contribution in [-0.4, -0.2) is 33.2 Å². The van der Waals surface area contributed by atoms with E-state index in [-0.39, 0.29) is 12.5 Å². The number of methoxy groups -OCH3 is 1. The molecule has 0 saturated carbocycles. The van der Waals surface area contributed by atoms with Crippen molar-refractivity contribution < 1.29 is 13.9 Å². The highest BCUT2D eigenvalue weighted by Crippen LogP contribution is 2.36. The molecule has 5 aromatic rings. The number of anilines is 1. The Morgan fingerprint density at radius 1 is 1.10 bits per heavy atom. The third kappa shape index (κ3) is 3.69. The molecule has 0 fully saturated rings. The number of tetrazole rings is 1. The van der Waals surface area contributed by atoms with Gasteiger partial charge in [0.2, 0.25) is 11.7 Å². The summed E-state index contributed by atoms with van der Waals surface area (Å²) >= 11 is 5.90. The van der Waals surface area contributed by atoms with Gasteiger partial charge in [0, 0.05) is 27.4 Å². The fourth-order valence-corrected chi connectivity index (χ4v) is 3.49. The van der Waals surface area contributed by atoms with Gasteiger partial charge in [0.25, 0.3) is 0 Å². The van der Waals surface area contributed by atoms with Crippen molar-refractivity contribution in [3.63, 3.8) is 0 Å². The monoisotopic (exact) mass is 433 g/mol. The fourth-order valence-electron chi connectivity index (χ4n) is 3.36. The molecule has 2 aromatic heterocycles. The SMILES string of the molecule is COc1cc2c(cc1NC(=O)Cn1nnc(-c3ccc(Cl)cc3)n1)oc1ccccc12. The van der Waals surface area contributed by atoms with Gasteiger partial charge in [-0.2, -0.15) is 4.80 Å². The Bertz CT molecular complexity index is 1410. The number of carbonyl (C=O) groups is 1. The summed E-state index contributed by atoms with van der Waals surface area (Å²) in [5, 5.41) is 17.5. The Hall–Kier alpha value is -3.91. The maximum atomic E-state index is 12.6. The van der Waals surface area contributed by atoms with E-state index in [1.165, 1.54) is 4.80 Å². The molecule has 5 rings (SSSR count). The van der Waals surface area contributed by atoms with Gasteiger partial charge >= 0.3 is 0 Å². The average molecular weight is 434 g/mol. The molecule has 1 amide bonds. The van der Waals surface area contributed by atoms with Crippen LogP contribution >= 0.6 is 11.6 Å². The molecule has 0 saturated heterocycles. The van der Waals surface area contributed by atoms with E-state index in [2.05, 4.69) is 20.7 Å². The molecule has 0 radical (unpaired) electrons. The first-order chi connectivity index (χ1) is 15.1. The van der Waals surface area contributed by atoms with Gasteiger partial charge in [-0.15, -0.1) is 10.2 Å². The zero-order valence-electron chi connectivity index (χ0n) is 16.4. The van der Waals surface area contributed by atoms with Crippen molar-refractivity contribution in [2.75, 3.05) is 12.4 Å². The first-order valence-electron chi connectivity index (χ1n) is 9.43. The van der Waals surface area contributed by atoms with Crippen LogP contribution in [0.15, 0.2) is 65.1 Å². The van der Waals surface area contributed by atoms with Crippen LogP contribution < -0.4 is 10.1 Å². The summed E-state index contributed by atoms with van der Waals surface area (Å²) in [5.41, 5.74) is 2.68. The Balaban J connectivity index is 1.37. The first kappa shape index (κ1) is 19.1. The zero-order valence-corrected chi connectivity index (χ0v) is 17.1. The van der Waals surface area contributed by atoms with E-state index in [9.17, 15) is 4.79 Å². The molecule has 0 spiro atoms. The number of halogens is 1. The summed E-state index contributed by atoms with van der Waals surface area (Å²) in [4.78, 5) is 13.8. The maximum Gasteiger partial charge on any atom is 0.248 e. The summed E-state index contributed by atoms with van der Waals surface area (Å²) < 4.78 is 11.4. The molecular weight excluding hydrogens is 418 g/mol. The van der Waals surface area contributed by atoms with Gasteiger partial charge < -0.3 is 14.5 Å². The van der Waals surface area contributed by atoms with Crippen LogP contribution in [0.25, 0.3) is 33.3 Å². The number of hydrogen-bond acceptors (Lipinski definition) is 6. The summed E-state index contributed by atoms with van der Waals surface area (Å²) in [6, 6.07) is 18.4. The number of nitrogens with zero attached hydrogens (tertiary/aromatic N) is 4. The molecule has 0 unspecified atom stereocenters. The van der Waals surface area contributed by atoms with Crippen molar-refractivity contribution in [3.8, 4) is 17.1 Å². The summed E-state index contributed by atoms with van der Waals surface area (Å²) in [5.74, 6) is 0.611. The number of rotatable bonds is 5. The fraction of sp³-hybridized carbons (Fsp3) is 0.0909. The Kier molecular flexibility index (Phi) is 4.76. The van der Waals surface area contributed by atoms with E-state index in [1.807, 2.05) is 30.3 Å². The standard InChI is InChI=1S/C22H16ClN5O3/c1-30-20-10-16-15-4-2-3-5-18(15)31-19(16)11-17(20)24-21(29)12-28-26-22(25-27-28)13-6-8-14(23)9-7-13/h2-11H,12H2,1H3,(H,24,29). The molecule has 31 heavy (non-hydrogen) atoms. The number of furan rings is 1. The van der Waals surface area contributed by atoms with Crippen LogP contribution in [0.4, 0.5) is 5.69 Å². The number of para-hydroxylation sites is 1. The zero-order chi connectivity index (χ0) is 21.4. The second-order valence-electron chi connectivity index (χ2n) is 6.85. The van der Waals surface area contributed by atoms with Crippen LogP contribution in [0, 0.1) is 0 Å². The molecule has 9 heteroatoms. The van der Waals surface area contributed by atoms with Gasteiger partial charge in [-0.1, -0.05) is 29.8 Å². The van der Waals surface area contributed by atoms with Gasteiger partial charge in [-0.05, 0) is 41.6 Å². The van der Waals surface area contributed by atoms with Crippen molar-refractivity contribution in [1.82, 2.24) is 20.2 Å². The van der Waals surface area contributed by atoms with Gasteiger partial charge in [0.15, 0.2) is 0 Å². The van der Waals surface area contributed by atoms with Crippen molar-refractivity contribution in [1.29, 1.82) is 0 Å². The van der Waals surface area contributed by atoms with E-state index in [4.69, 9.17) is 20.8 Å². The van der Waals surface area contributed by atoms with E-state index in [0.717, 1.165) is 21.9 Å². The Labute approximate surface area is 181 Å². The molecule has 8 nitrogen and oxygen atoms in total. The number of ether oxygens (including phenoxy) is 1. The lowest BCUT2D eigenvalue weighted by Crippen LogP contribution is -2.20. The number of aromatic nitrogens is 4. The maximum absolute atomic E-state index is 12.6. The first-order valence-corrected chi connectivity index (χ1v) is 9.81. The molecule has 0 atom stereocenters. The lowest BCUT2D eigenvalue weighted by atomic mass is 10.1. The molecule has 0 bridgehead atoms. The minimum absolute atomic E-state index is 0.109. The second kappa shape index (κ2) is 7.73. The topological polar surface area (TPSA) is 95.1 Å². The van der Waals surface area contributed by atoms with E-state index in [0.29, 0.717) is 27.9 Å². The van der Waals surface area contributed by atoms with E-state index < -0.39 is 0 Å². The molecule has 154 valence electrons. The number of nitrogens with one attached hydrogen (secondary N) is 1. The number of carbonyl (C=O) groups excluding carboxylic acids is 1. The van der Waals surface area contributed by atoms with Gasteiger partial charge in [0.1, 0.15) is 23.5 Å². The predicted molar refractivity (Wildman–Crippen MR) is 117 cm³/mol. The molecule has 2 heterocycles. The van der Waals surface area contributed by atoms with Gasteiger partial charge in [0.05, 0.1) is 12.8 Å². The lowest BCUT2D eigenvalue weighted by Gasteiger charge is -2.10. The highest BCUT2D eigenvalue weighted by Gasteiger charge is 2.15. The van der Waals surface area contributed by atoms with Crippen LogP contribution in [0.2, 0.25) is 5.02 Å². The molecule has 1 N–H and O–H groups in total. The van der Waals surface area contributed by atoms with E-state index >= 15 is 0 Å². The summed E-state index contributed by atoms with van der Waals surface area (Å²) in [6.45, 7) is -0.109. The minimum atomic E-state index is -0.325.